The van der Waals surface area contributed by atoms with Crippen molar-refractivity contribution in [2.24, 2.45) is 21.1 Å². The standard InChI is InChI=1S/C18H15P.C11H13N7.C11H15N5/c1-4-10-16(11-5-1)19(17-12-6-2-7-13-17)18-14-8-3-9-15-18;12-16-14-10-7-18(8-11(10)15-17-13)6-9-4-2-1-3-5-9;12-10-7-16(8-11(10)14-15-13)6-9-4-2-1-3-5-9/h1-15H;1-5,10-11H,6-8H2;1-5,10-11H,6-8,12H2/t;2*10-,11-/m.11/s1. The Kier molecular flexibility index (Phi) is 15.3. The molecule has 5 aromatic carbocycles. The highest BCUT2D eigenvalue weighted by Crippen LogP contribution is 2.32. The van der Waals surface area contributed by atoms with E-state index in [0.29, 0.717) is 13.1 Å². The van der Waals surface area contributed by atoms with Gasteiger partial charge in [0.25, 0.3) is 0 Å². The number of hydrogen-bond donors (Lipinski definition) is 1. The summed E-state index contributed by atoms with van der Waals surface area (Å²) in [6.45, 7) is 4.44. The summed E-state index contributed by atoms with van der Waals surface area (Å²) in [6, 6.07) is 51.9. The quantitative estimate of drug-likeness (QED) is 0.0670. The zero-order valence-corrected chi connectivity index (χ0v) is 30.3. The van der Waals surface area contributed by atoms with E-state index >= 15 is 0 Å². The van der Waals surface area contributed by atoms with Crippen molar-refractivity contribution in [3.8, 4) is 0 Å². The molecule has 2 aliphatic rings. The van der Waals surface area contributed by atoms with Gasteiger partial charge in [-0.3, -0.25) is 9.80 Å². The van der Waals surface area contributed by atoms with Gasteiger partial charge in [-0.2, -0.15) is 0 Å². The van der Waals surface area contributed by atoms with Gasteiger partial charge < -0.3 is 5.73 Å². The fraction of sp³-hybridized carbons (Fsp3) is 0.250. The molecule has 0 amide bonds. The first-order valence-corrected chi connectivity index (χ1v) is 18.8. The van der Waals surface area contributed by atoms with Gasteiger partial charge in [0.05, 0.1) is 18.1 Å². The summed E-state index contributed by atoms with van der Waals surface area (Å²) in [4.78, 5) is 12.8. The Morgan fingerprint density at radius 3 is 1.13 bits per heavy atom. The van der Waals surface area contributed by atoms with E-state index in [2.05, 4.69) is 143 Å². The Morgan fingerprint density at radius 2 is 0.774 bits per heavy atom. The fourth-order valence-corrected chi connectivity index (χ4v) is 8.71. The lowest BCUT2D eigenvalue weighted by molar-refractivity contribution is 0.324. The Balaban J connectivity index is 0.000000154. The highest BCUT2D eigenvalue weighted by Gasteiger charge is 2.31. The van der Waals surface area contributed by atoms with Crippen LogP contribution >= 0.6 is 7.92 Å². The lowest BCUT2D eigenvalue weighted by Crippen LogP contribution is -2.31. The van der Waals surface area contributed by atoms with Gasteiger partial charge in [-0.15, -0.1) is 0 Å². The lowest BCUT2D eigenvalue weighted by atomic mass is 10.2. The van der Waals surface area contributed by atoms with Gasteiger partial charge in [-0.05, 0) is 51.6 Å². The second-order valence-corrected chi connectivity index (χ2v) is 14.9. The van der Waals surface area contributed by atoms with Crippen LogP contribution in [-0.2, 0) is 13.1 Å². The maximum Gasteiger partial charge on any atom is 0.0664 e. The van der Waals surface area contributed by atoms with Crippen LogP contribution in [0.3, 0.4) is 0 Å². The molecular formula is C40H43N12P. The summed E-state index contributed by atoms with van der Waals surface area (Å²) in [5.74, 6) is 0. The molecule has 4 atom stereocenters. The van der Waals surface area contributed by atoms with Gasteiger partial charge in [0, 0.05) is 60.0 Å². The van der Waals surface area contributed by atoms with Crippen LogP contribution < -0.4 is 21.6 Å². The number of likely N-dealkylation sites (tertiary alicyclic amines) is 2. The predicted octanol–water partition coefficient (Wildman–Crippen LogP) is 7.81. The van der Waals surface area contributed by atoms with Crippen molar-refractivity contribution < 1.29 is 0 Å². The van der Waals surface area contributed by atoms with E-state index in [9.17, 15) is 0 Å². The molecule has 268 valence electrons. The smallest absolute Gasteiger partial charge is 0.0664 e. The van der Waals surface area contributed by atoms with Gasteiger partial charge in [-0.25, -0.2) is 0 Å². The summed E-state index contributed by atoms with van der Waals surface area (Å²) in [6.07, 6.45) is 0. The third kappa shape index (κ3) is 11.9. The molecule has 13 heteroatoms. The molecule has 2 heterocycles. The zero-order chi connectivity index (χ0) is 37.1. The molecule has 2 aliphatic heterocycles. The number of rotatable bonds is 10. The van der Waals surface area contributed by atoms with Crippen molar-refractivity contribution in [1.29, 1.82) is 0 Å². The molecule has 0 spiro atoms. The monoisotopic (exact) mass is 722 g/mol. The van der Waals surface area contributed by atoms with Crippen LogP contribution in [0.25, 0.3) is 31.3 Å². The van der Waals surface area contributed by atoms with Crippen molar-refractivity contribution in [3.63, 3.8) is 0 Å². The summed E-state index contributed by atoms with van der Waals surface area (Å²) in [7, 11) is -0.446. The van der Waals surface area contributed by atoms with E-state index in [1.807, 2.05) is 48.5 Å². The first-order valence-electron chi connectivity index (χ1n) is 17.4. The van der Waals surface area contributed by atoms with Crippen molar-refractivity contribution >= 4 is 23.8 Å². The molecule has 53 heavy (non-hydrogen) atoms. The molecule has 2 fully saturated rings. The van der Waals surface area contributed by atoms with Crippen LogP contribution in [0.15, 0.2) is 167 Å². The number of nitrogens with zero attached hydrogens (tertiary/aromatic N) is 11. The van der Waals surface area contributed by atoms with Gasteiger partial charge in [0.15, 0.2) is 0 Å². The minimum atomic E-state index is -0.446. The van der Waals surface area contributed by atoms with Crippen LogP contribution in [0, 0.1) is 0 Å². The Morgan fingerprint density at radius 1 is 0.472 bits per heavy atom. The number of hydrogen-bond acceptors (Lipinski definition) is 6. The Hall–Kier alpha value is -5.66. The Labute approximate surface area is 311 Å². The second-order valence-electron chi connectivity index (χ2n) is 12.7. The highest BCUT2D eigenvalue weighted by molar-refractivity contribution is 7.79. The third-order valence-electron chi connectivity index (χ3n) is 8.88. The molecule has 2 saturated heterocycles. The maximum atomic E-state index is 8.49. The fourth-order valence-electron chi connectivity index (χ4n) is 6.41. The number of nitrogens with two attached hydrogens (primary N) is 1. The third-order valence-corrected chi connectivity index (χ3v) is 11.3. The molecule has 0 aromatic heterocycles. The topological polar surface area (TPSA) is 179 Å². The molecule has 7 rings (SSSR count). The van der Waals surface area contributed by atoms with Gasteiger partial charge in [0.1, 0.15) is 0 Å². The number of azide groups is 3. The van der Waals surface area contributed by atoms with Gasteiger partial charge in [-0.1, -0.05) is 167 Å². The van der Waals surface area contributed by atoms with E-state index < -0.39 is 7.92 Å². The first kappa shape index (κ1) is 38.6. The van der Waals surface area contributed by atoms with Crippen molar-refractivity contribution in [2.45, 2.75) is 37.3 Å². The zero-order valence-electron chi connectivity index (χ0n) is 29.4. The molecule has 0 unspecified atom stereocenters. The predicted molar refractivity (Wildman–Crippen MR) is 215 cm³/mol. The largest absolute Gasteiger partial charge is 0.326 e. The first-order chi connectivity index (χ1) is 26.1. The summed E-state index contributed by atoms with van der Waals surface area (Å²) < 4.78 is 0. The van der Waals surface area contributed by atoms with E-state index in [-0.39, 0.29) is 24.2 Å². The molecule has 0 radical (unpaired) electrons. The second kappa shape index (κ2) is 21.0. The van der Waals surface area contributed by atoms with E-state index in [1.54, 1.807) is 0 Å². The normalized spacial score (nSPS) is 19.3. The van der Waals surface area contributed by atoms with Crippen molar-refractivity contribution in [1.82, 2.24) is 9.80 Å². The van der Waals surface area contributed by atoms with Gasteiger partial charge in [0.2, 0.25) is 0 Å². The minimum absolute atomic E-state index is 0.0420. The van der Waals surface area contributed by atoms with Crippen LogP contribution in [0.4, 0.5) is 0 Å². The van der Waals surface area contributed by atoms with Crippen LogP contribution in [0.2, 0.25) is 0 Å². The average molecular weight is 723 g/mol. The minimum Gasteiger partial charge on any atom is -0.326 e. The summed E-state index contributed by atoms with van der Waals surface area (Å²) in [5, 5.41) is 15.3. The summed E-state index contributed by atoms with van der Waals surface area (Å²) in [5.41, 5.74) is 33.7. The maximum absolute atomic E-state index is 8.49. The molecular weight excluding hydrogens is 679 g/mol. The lowest BCUT2D eigenvalue weighted by Gasteiger charge is -2.18. The van der Waals surface area contributed by atoms with Crippen LogP contribution in [-0.4, -0.2) is 60.1 Å². The molecule has 2 N–H and O–H groups in total. The van der Waals surface area contributed by atoms with E-state index in [0.717, 1.165) is 26.2 Å². The summed E-state index contributed by atoms with van der Waals surface area (Å²) >= 11 is 0. The van der Waals surface area contributed by atoms with Crippen LogP contribution in [0.1, 0.15) is 11.1 Å². The molecule has 0 bridgehead atoms. The van der Waals surface area contributed by atoms with Gasteiger partial charge >= 0.3 is 0 Å². The molecule has 0 saturated carbocycles. The molecule has 12 nitrogen and oxygen atoms in total. The Bertz CT molecular complexity index is 1830. The highest BCUT2D eigenvalue weighted by atomic mass is 31.1. The molecule has 5 aromatic rings. The average Bonchev–Trinajstić information content (AvgIpc) is 3.75. The SMILES string of the molecule is [N-]=[N+]=N[C@@H]1CN(Cc2ccccc2)C[C@H]1N.[N-]=[N+]=N[C@@H]1CN(Cc2ccccc2)C[C@H]1N=[N+]=[N-].c1ccc(P(c2ccccc2)c2ccccc2)cc1. The van der Waals surface area contributed by atoms with E-state index in [4.69, 9.17) is 22.3 Å². The molecule has 0 aliphatic carbocycles. The van der Waals surface area contributed by atoms with Crippen molar-refractivity contribution in [2.75, 3.05) is 26.2 Å². The number of benzene rings is 5. The van der Waals surface area contributed by atoms with Crippen molar-refractivity contribution in [3.05, 3.63) is 194 Å². The van der Waals surface area contributed by atoms with E-state index in [1.165, 1.54) is 27.0 Å². The van der Waals surface area contributed by atoms with Crippen LogP contribution in [0.5, 0.6) is 0 Å².